The fourth-order valence-electron chi connectivity index (χ4n) is 3.55. The van der Waals surface area contributed by atoms with E-state index in [-0.39, 0.29) is 5.41 Å². The number of carbonyl (C=O) groups is 2. The third-order valence-electron chi connectivity index (χ3n) is 4.54. The average Bonchev–Trinajstić information content (AvgIpc) is 2.97. The maximum absolute atomic E-state index is 12.2. The van der Waals surface area contributed by atoms with Gasteiger partial charge in [-0.3, -0.25) is 9.80 Å². The van der Waals surface area contributed by atoms with Gasteiger partial charge in [0.1, 0.15) is 6.17 Å². The summed E-state index contributed by atoms with van der Waals surface area (Å²) in [6.45, 7) is 2.62. The standard InChI is InChI=1S/C15H18N2O4/c1-15-8-9-16(13(18)20-2)12(15)17(14(19)21-3)11-7-5-4-6-10(11)15/h4-7,12H,8-9H2,1-3H3/t12-,15+/m0/s1. The second-order valence-electron chi connectivity index (χ2n) is 5.56. The van der Waals surface area contributed by atoms with Crippen molar-refractivity contribution in [3.05, 3.63) is 29.8 Å². The van der Waals surface area contributed by atoms with Gasteiger partial charge in [-0.2, -0.15) is 0 Å². The molecule has 0 spiro atoms. The number of hydrogen-bond donors (Lipinski definition) is 0. The Morgan fingerprint density at radius 3 is 2.52 bits per heavy atom. The molecule has 2 aliphatic heterocycles. The number of carbonyl (C=O) groups excluding carboxylic acids is 2. The van der Waals surface area contributed by atoms with Crippen LogP contribution in [0.15, 0.2) is 24.3 Å². The van der Waals surface area contributed by atoms with E-state index in [4.69, 9.17) is 9.47 Å². The summed E-state index contributed by atoms with van der Waals surface area (Å²) in [5.74, 6) is 0. The number of anilines is 1. The minimum Gasteiger partial charge on any atom is -0.453 e. The number of ether oxygens (including phenoxy) is 2. The molecule has 2 atom stereocenters. The lowest BCUT2D eigenvalue weighted by Crippen LogP contribution is -2.53. The Morgan fingerprint density at radius 2 is 1.86 bits per heavy atom. The molecule has 3 rings (SSSR count). The van der Waals surface area contributed by atoms with Gasteiger partial charge in [-0.05, 0) is 18.1 Å². The fraction of sp³-hybridized carbons (Fsp3) is 0.467. The van der Waals surface area contributed by atoms with Crippen molar-refractivity contribution < 1.29 is 19.1 Å². The monoisotopic (exact) mass is 290 g/mol. The third kappa shape index (κ3) is 1.71. The van der Waals surface area contributed by atoms with Crippen LogP contribution >= 0.6 is 0 Å². The molecule has 0 aromatic heterocycles. The summed E-state index contributed by atoms with van der Waals surface area (Å²) >= 11 is 0. The number of methoxy groups -OCH3 is 2. The minimum absolute atomic E-state index is 0.307. The van der Waals surface area contributed by atoms with Gasteiger partial charge < -0.3 is 9.47 Å². The van der Waals surface area contributed by atoms with E-state index in [0.29, 0.717) is 6.54 Å². The van der Waals surface area contributed by atoms with Crippen LogP contribution in [0.1, 0.15) is 18.9 Å². The van der Waals surface area contributed by atoms with Crippen LogP contribution in [0, 0.1) is 0 Å². The summed E-state index contributed by atoms with van der Waals surface area (Å²) in [6, 6.07) is 7.71. The molecule has 0 saturated carbocycles. The van der Waals surface area contributed by atoms with E-state index in [1.807, 2.05) is 24.3 Å². The lowest BCUT2D eigenvalue weighted by Gasteiger charge is -2.33. The first-order valence-corrected chi connectivity index (χ1v) is 6.86. The maximum Gasteiger partial charge on any atom is 0.415 e. The van der Waals surface area contributed by atoms with Crippen LogP contribution in [0.2, 0.25) is 0 Å². The van der Waals surface area contributed by atoms with Crippen LogP contribution in [-0.4, -0.2) is 44.0 Å². The summed E-state index contributed by atoms with van der Waals surface area (Å²) in [6.07, 6.45) is -0.524. The van der Waals surface area contributed by atoms with Crippen molar-refractivity contribution in [2.45, 2.75) is 24.9 Å². The zero-order valence-electron chi connectivity index (χ0n) is 12.3. The normalized spacial score (nSPS) is 26.3. The average molecular weight is 290 g/mol. The Balaban J connectivity index is 2.13. The molecule has 0 N–H and O–H groups in total. The van der Waals surface area contributed by atoms with E-state index in [1.54, 1.807) is 9.80 Å². The summed E-state index contributed by atoms with van der Waals surface area (Å²) in [5, 5.41) is 0. The minimum atomic E-state index is -0.466. The molecule has 1 fully saturated rings. The van der Waals surface area contributed by atoms with E-state index in [1.165, 1.54) is 14.2 Å². The highest BCUT2D eigenvalue weighted by Gasteiger charge is 2.58. The topological polar surface area (TPSA) is 59.1 Å². The smallest absolute Gasteiger partial charge is 0.415 e. The number of hydrogen-bond acceptors (Lipinski definition) is 4. The number of amides is 2. The van der Waals surface area contributed by atoms with Crippen molar-refractivity contribution in [3.63, 3.8) is 0 Å². The predicted molar refractivity (Wildman–Crippen MR) is 76.2 cm³/mol. The number of likely N-dealkylation sites (tertiary alicyclic amines) is 1. The summed E-state index contributed by atoms with van der Waals surface area (Å²) in [4.78, 5) is 27.4. The number of benzene rings is 1. The second-order valence-corrected chi connectivity index (χ2v) is 5.56. The SMILES string of the molecule is COC(=O)N1CC[C@]2(C)c3ccccc3N(C(=O)OC)[C@H]12. The van der Waals surface area contributed by atoms with E-state index in [2.05, 4.69) is 6.92 Å². The zero-order chi connectivity index (χ0) is 15.2. The van der Waals surface area contributed by atoms with Gasteiger partial charge in [-0.1, -0.05) is 25.1 Å². The van der Waals surface area contributed by atoms with Crippen molar-refractivity contribution in [3.8, 4) is 0 Å². The van der Waals surface area contributed by atoms with Gasteiger partial charge in [0.2, 0.25) is 0 Å². The lowest BCUT2D eigenvalue weighted by molar-refractivity contribution is 0.110. The summed E-state index contributed by atoms with van der Waals surface area (Å²) in [5.41, 5.74) is 1.55. The molecule has 1 aromatic rings. The Morgan fingerprint density at radius 1 is 1.19 bits per heavy atom. The van der Waals surface area contributed by atoms with Gasteiger partial charge in [-0.25, -0.2) is 9.59 Å². The number of fused-ring (bicyclic) bond motifs is 3. The first-order valence-electron chi connectivity index (χ1n) is 6.86. The maximum atomic E-state index is 12.2. The first-order chi connectivity index (χ1) is 10.0. The van der Waals surface area contributed by atoms with E-state index >= 15 is 0 Å². The van der Waals surface area contributed by atoms with Crippen LogP contribution in [0.25, 0.3) is 0 Å². The van der Waals surface area contributed by atoms with Gasteiger partial charge >= 0.3 is 12.2 Å². The lowest BCUT2D eigenvalue weighted by atomic mass is 9.81. The van der Waals surface area contributed by atoms with E-state index in [9.17, 15) is 9.59 Å². The molecule has 0 aliphatic carbocycles. The van der Waals surface area contributed by atoms with Crippen LogP contribution in [-0.2, 0) is 14.9 Å². The summed E-state index contributed by atoms with van der Waals surface area (Å²) in [7, 11) is 2.70. The fourth-order valence-corrected chi connectivity index (χ4v) is 3.55. The second kappa shape index (κ2) is 4.65. The van der Waals surface area contributed by atoms with Crippen molar-refractivity contribution in [1.29, 1.82) is 0 Å². The highest BCUT2D eigenvalue weighted by molar-refractivity contribution is 5.93. The molecule has 21 heavy (non-hydrogen) atoms. The molecule has 6 heteroatoms. The number of nitrogens with zero attached hydrogens (tertiary/aromatic N) is 2. The molecule has 112 valence electrons. The van der Waals surface area contributed by atoms with Gasteiger partial charge in [0.25, 0.3) is 0 Å². The Labute approximate surface area is 123 Å². The molecular formula is C15H18N2O4. The molecule has 1 saturated heterocycles. The molecule has 2 heterocycles. The number of rotatable bonds is 0. The molecule has 0 unspecified atom stereocenters. The van der Waals surface area contributed by atoms with Crippen LogP contribution in [0.4, 0.5) is 15.3 Å². The van der Waals surface area contributed by atoms with Crippen molar-refractivity contribution in [1.82, 2.24) is 4.90 Å². The molecule has 0 radical (unpaired) electrons. The summed E-state index contributed by atoms with van der Waals surface area (Å²) < 4.78 is 9.77. The quantitative estimate of drug-likeness (QED) is 0.736. The highest BCUT2D eigenvalue weighted by Crippen LogP contribution is 2.52. The Kier molecular flexibility index (Phi) is 3.04. The van der Waals surface area contributed by atoms with Crippen LogP contribution in [0.3, 0.4) is 0 Å². The van der Waals surface area contributed by atoms with Crippen molar-refractivity contribution in [2.75, 3.05) is 25.7 Å². The van der Waals surface area contributed by atoms with Crippen LogP contribution < -0.4 is 4.90 Å². The van der Waals surface area contributed by atoms with E-state index < -0.39 is 18.4 Å². The van der Waals surface area contributed by atoms with Crippen LogP contribution in [0.5, 0.6) is 0 Å². The molecule has 6 nitrogen and oxygen atoms in total. The first kappa shape index (κ1) is 13.7. The highest BCUT2D eigenvalue weighted by atomic mass is 16.6. The number of para-hydroxylation sites is 1. The molecule has 2 aliphatic rings. The van der Waals surface area contributed by atoms with Gasteiger partial charge in [0.15, 0.2) is 0 Å². The molecule has 0 bridgehead atoms. The zero-order valence-corrected chi connectivity index (χ0v) is 12.3. The third-order valence-corrected chi connectivity index (χ3v) is 4.54. The molecule has 2 amide bonds. The van der Waals surface area contributed by atoms with Gasteiger partial charge in [0, 0.05) is 12.0 Å². The Bertz CT molecular complexity index is 603. The van der Waals surface area contributed by atoms with Crippen molar-refractivity contribution >= 4 is 17.9 Å². The Hall–Kier alpha value is -2.24. The van der Waals surface area contributed by atoms with Gasteiger partial charge in [0.05, 0.1) is 19.9 Å². The predicted octanol–water partition coefficient (Wildman–Crippen LogP) is 2.33. The largest absolute Gasteiger partial charge is 0.453 e. The van der Waals surface area contributed by atoms with Gasteiger partial charge in [-0.15, -0.1) is 0 Å². The van der Waals surface area contributed by atoms with Crippen molar-refractivity contribution in [2.24, 2.45) is 0 Å². The van der Waals surface area contributed by atoms with E-state index in [0.717, 1.165) is 17.7 Å². The molecule has 1 aromatic carbocycles. The molecular weight excluding hydrogens is 272 g/mol.